The normalized spacial score (nSPS) is 10.3. The molecule has 0 aliphatic carbocycles. The fourth-order valence-corrected chi connectivity index (χ4v) is 1.47. The molecule has 1 heterocycles. The summed E-state index contributed by atoms with van der Waals surface area (Å²) < 4.78 is 27.5. The van der Waals surface area contributed by atoms with E-state index < -0.39 is 17.5 Å². The standard InChI is InChI=1S/C11H8F2N4O/c12-6-3-5(10(14)18)4-7(13)9(6)8-1-2-16-11(15)17-8/h1-4H,(H2,14,18)(H2,15,16,17). The molecule has 0 unspecified atom stereocenters. The monoisotopic (exact) mass is 250 g/mol. The lowest BCUT2D eigenvalue weighted by atomic mass is 10.1. The molecule has 4 N–H and O–H groups in total. The minimum Gasteiger partial charge on any atom is -0.368 e. The molecule has 7 heteroatoms. The number of aromatic nitrogens is 2. The lowest BCUT2D eigenvalue weighted by Crippen LogP contribution is -2.12. The van der Waals surface area contributed by atoms with Gasteiger partial charge in [-0.1, -0.05) is 0 Å². The molecular weight excluding hydrogens is 242 g/mol. The van der Waals surface area contributed by atoms with Crippen LogP contribution in [0.15, 0.2) is 24.4 Å². The van der Waals surface area contributed by atoms with E-state index in [1.807, 2.05) is 0 Å². The number of primary amides is 1. The number of anilines is 1. The number of hydrogen-bond acceptors (Lipinski definition) is 4. The van der Waals surface area contributed by atoms with E-state index in [9.17, 15) is 13.6 Å². The van der Waals surface area contributed by atoms with Crippen molar-refractivity contribution in [1.82, 2.24) is 9.97 Å². The summed E-state index contributed by atoms with van der Waals surface area (Å²) in [6.07, 6.45) is 1.28. The smallest absolute Gasteiger partial charge is 0.248 e. The third-order valence-electron chi connectivity index (χ3n) is 2.26. The maximum absolute atomic E-state index is 13.7. The average Bonchev–Trinajstić information content (AvgIpc) is 2.27. The Morgan fingerprint density at radius 3 is 2.33 bits per heavy atom. The first-order valence-corrected chi connectivity index (χ1v) is 4.87. The highest BCUT2D eigenvalue weighted by molar-refractivity contribution is 5.93. The van der Waals surface area contributed by atoms with E-state index in [4.69, 9.17) is 11.5 Å². The van der Waals surface area contributed by atoms with E-state index in [-0.39, 0.29) is 22.8 Å². The van der Waals surface area contributed by atoms with E-state index in [2.05, 4.69) is 9.97 Å². The first kappa shape index (κ1) is 11.9. The van der Waals surface area contributed by atoms with Crippen LogP contribution in [-0.4, -0.2) is 15.9 Å². The SMILES string of the molecule is NC(=O)c1cc(F)c(-c2ccnc(N)n2)c(F)c1. The number of nitrogen functional groups attached to an aromatic ring is 1. The Morgan fingerprint density at radius 2 is 1.83 bits per heavy atom. The average molecular weight is 250 g/mol. The highest BCUT2D eigenvalue weighted by Crippen LogP contribution is 2.25. The van der Waals surface area contributed by atoms with Gasteiger partial charge < -0.3 is 11.5 Å². The Labute approximate surface area is 100 Å². The molecule has 18 heavy (non-hydrogen) atoms. The van der Waals surface area contributed by atoms with E-state index in [1.54, 1.807) is 0 Å². The zero-order valence-corrected chi connectivity index (χ0v) is 9.02. The Hall–Kier alpha value is -2.57. The lowest BCUT2D eigenvalue weighted by molar-refractivity contribution is 0.0999. The van der Waals surface area contributed by atoms with Crippen LogP contribution in [0, 0.1) is 11.6 Å². The number of nitrogens with zero attached hydrogens (tertiary/aromatic N) is 2. The third kappa shape index (κ3) is 2.10. The quantitative estimate of drug-likeness (QED) is 0.834. The van der Waals surface area contributed by atoms with Crippen molar-refractivity contribution in [2.75, 3.05) is 5.73 Å². The van der Waals surface area contributed by atoms with E-state index in [0.717, 1.165) is 12.1 Å². The number of halogens is 2. The highest BCUT2D eigenvalue weighted by atomic mass is 19.1. The number of nitrogens with two attached hydrogens (primary N) is 2. The summed E-state index contributed by atoms with van der Waals surface area (Å²) in [5.41, 5.74) is 9.64. The van der Waals surface area contributed by atoms with Crippen LogP contribution in [0.25, 0.3) is 11.3 Å². The van der Waals surface area contributed by atoms with Gasteiger partial charge in [-0.3, -0.25) is 4.79 Å². The van der Waals surface area contributed by atoms with Crippen molar-refractivity contribution >= 4 is 11.9 Å². The third-order valence-corrected chi connectivity index (χ3v) is 2.26. The van der Waals surface area contributed by atoms with Gasteiger partial charge in [0.05, 0.1) is 11.3 Å². The highest BCUT2D eigenvalue weighted by Gasteiger charge is 2.16. The Morgan fingerprint density at radius 1 is 1.22 bits per heavy atom. The zero-order chi connectivity index (χ0) is 13.3. The molecule has 92 valence electrons. The summed E-state index contributed by atoms with van der Waals surface area (Å²) in [6, 6.07) is 3.00. The molecule has 2 aromatic rings. The molecule has 5 nitrogen and oxygen atoms in total. The molecule has 1 amide bonds. The maximum atomic E-state index is 13.7. The summed E-state index contributed by atoms with van der Waals surface area (Å²) in [5.74, 6) is -2.91. The van der Waals surface area contributed by atoms with Crippen LogP contribution >= 0.6 is 0 Å². The number of amides is 1. The molecule has 0 atom stereocenters. The van der Waals surface area contributed by atoms with Crippen LogP contribution < -0.4 is 11.5 Å². The zero-order valence-electron chi connectivity index (χ0n) is 9.02. The summed E-state index contributed by atoms with van der Waals surface area (Å²) in [4.78, 5) is 18.2. The number of hydrogen-bond donors (Lipinski definition) is 2. The molecule has 0 aliphatic heterocycles. The first-order valence-electron chi connectivity index (χ1n) is 4.87. The van der Waals surface area contributed by atoms with Gasteiger partial charge in [0.2, 0.25) is 11.9 Å². The van der Waals surface area contributed by atoms with Gasteiger partial charge in [-0.25, -0.2) is 18.7 Å². The molecule has 0 aliphatic rings. The summed E-state index contributed by atoms with van der Waals surface area (Å²) in [5, 5.41) is 0. The summed E-state index contributed by atoms with van der Waals surface area (Å²) >= 11 is 0. The molecule has 0 spiro atoms. The van der Waals surface area contributed by atoms with E-state index in [0.29, 0.717) is 0 Å². The Kier molecular flexibility index (Phi) is 2.88. The predicted octanol–water partition coefficient (Wildman–Crippen LogP) is 1.10. The van der Waals surface area contributed by atoms with Gasteiger partial charge in [-0.05, 0) is 18.2 Å². The van der Waals surface area contributed by atoms with Gasteiger partial charge in [-0.2, -0.15) is 0 Å². The van der Waals surface area contributed by atoms with Crippen molar-refractivity contribution in [1.29, 1.82) is 0 Å². The topological polar surface area (TPSA) is 94.9 Å². The first-order chi connectivity index (χ1) is 8.49. The van der Waals surface area contributed by atoms with Crippen LogP contribution in [-0.2, 0) is 0 Å². The lowest BCUT2D eigenvalue weighted by Gasteiger charge is -2.06. The second-order valence-corrected chi connectivity index (χ2v) is 3.48. The molecular formula is C11H8F2N4O. The molecule has 0 bridgehead atoms. The van der Waals surface area contributed by atoms with Gasteiger partial charge in [0.15, 0.2) is 0 Å². The second kappa shape index (κ2) is 4.36. The number of carbonyl (C=O) groups is 1. The Balaban J connectivity index is 2.62. The Bertz CT molecular complexity index is 607. The van der Waals surface area contributed by atoms with Crippen molar-refractivity contribution < 1.29 is 13.6 Å². The fourth-order valence-electron chi connectivity index (χ4n) is 1.47. The second-order valence-electron chi connectivity index (χ2n) is 3.48. The molecule has 0 saturated carbocycles. The molecule has 1 aromatic carbocycles. The molecule has 0 saturated heterocycles. The largest absolute Gasteiger partial charge is 0.368 e. The van der Waals surface area contributed by atoms with Crippen molar-refractivity contribution in [3.05, 3.63) is 41.6 Å². The van der Waals surface area contributed by atoms with Gasteiger partial charge in [-0.15, -0.1) is 0 Å². The predicted molar refractivity (Wildman–Crippen MR) is 60.3 cm³/mol. The number of benzene rings is 1. The van der Waals surface area contributed by atoms with Crippen LogP contribution in [0.5, 0.6) is 0 Å². The molecule has 1 aromatic heterocycles. The van der Waals surface area contributed by atoms with Gasteiger partial charge in [0.1, 0.15) is 11.6 Å². The van der Waals surface area contributed by atoms with E-state index >= 15 is 0 Å². The number of carbonyl (C=O) groups excluding carboxylic acids is 1. The summed E-state index contributed by atoms with van der Waals surface area (Å²) in [7, 11) is 0. The fraction of sp³-hybridized carbons (Fsp3) is 0. The van der Waals surface area contributed by atoms with Crippen molar-refractivity contribution in [2.24, 2.45) is 5.73 Å². The van der Waals surface area contributed by atoms with Crippen LogP contribution in [0.3, 0.4) is 0 Å². The van der Waals surface area contributed by atoms with Gasteiger partial charge in [0, 0.05) is 11.8 Å². The van der Waals surface area contributed by atoms with Crippen molar-refractivity contribution in [2.45, 2.75) is 0 Å². The van der Waals surface area contributed by atoms with E-state index in [1.165, 1.54) is 12.3 Å². The molecule has 2 rings (SSSR count). The minimum absolute atomic E-state index is 0.00600. The summed E-state index contributed by atoms with van der Waals surface area (Å²) in [6.45, 7) is 0. The van der Waals surface area contributed by atoms with Gasteiger partial charge in [0.25, 0.3) is 0 Å². The van der Waals surface area contributed by atoms with Gasteiger partial charge >= 0.3 is 0 Å². The molecule has 0 fully saturated rings. The minimum atomic E-state index is -0.943. The van der Waals surface area contributed by atoms with Crippen LogP contribution in [0.1, 0.15) is 10.4 Å². The van der Waals surface area contributed by atoms with Crippen LogP contribution in [0.2, 0.25) is 0 Å². The molecule has 0 radical (unpaired) electrons. The van der Waals surface area contributed by atoms with Crippen molar-refractivity contribution in [3.8, 4) is 11.3 Å². The van der Waals surface area contributed by atoms with Crippen LogP contribution in [0.4, 0.5) is 14.7 Å². The van der Waals surface area contributed by atoms with Crippen molar-refractivity contribution in [3.63, 3.8) is 0 Å². The number of rotatable bonds is 2. The maximum Gasteiger partial charge on any atom is 0.248 e.